The number of amidine groups is 1. The summed E-state index contributed by atoms with van der Waals surface area (Å²) >= 11 is 1.68. The van der Waals surface area contributed by atoms with Gasteiger partial charge in [-0.3, -0.25) is 19.5 Å². The number of piperidine rings is 1. The molecular formula is C28H37N5O3S. The van der Waals surface area contributed by atoms with Crippen molar-refractivity contribution in [2.24, 2.45) is 16.8 Å². The van der Waals surface area contributed by atoms with Crippen molar-refractivity contribution in [2.45, 2.75) is 71.4 Å². The van der Waals surface area contributed by atoms with Crippen molar-refractivity contribution in [1.29, 1.82) is 0 Å². The number of hydrogen-bond donors (Lipinski definition) is 2. The van der Waals surface area contributed by atoms with E-state index in [0.717, 1.165) is 72.8 Å². The number of carbonyl (C=O) groups is 3. The Kier molecular flexibility index (Phi) is 7.45. The lowest BCUT2D eigenvalue weighted by Crippen LogP contribution is -2.47. The summed E-state index contributed by atoms with van der Waals surface area (Å²) in [4.78, 5) is 42.9. The highest BCUT2D eigenvalue weighted by atomic mass is 32.2. The van der Waals surface area contributed by atoms with Gasteiger partial charge in [0.15, 0.2) is 0 Å². The van der Waals surface area contributed by atoms with Crippen molar-refractivity contribution >= 4 is 41.7 Å². The summed E-state index contributed by atoms with van der Waals surface area (Å²) in [5, 5.41) is 7.82. The first kappa shape index (κ1) is 26.0. The molecule has 1 saturated carbocycles. The number of carbonyl (C=O) groups excluding carboxylic acids is 3. The van der Waals surface area contributed by atoms with Gasteiger partial charge in [-0.05, 0) is 79.2 Å². The monoisotopic (exact) mass is 523 g/mol. The number of amides is 4. The number of benzene rings is 1. The van der Waals surface area contributed by atoms with Crippen molar-refractivity contribution in [3.05, 3.63) is 39.8 Å². The van der Waals surface area contributed by atoms with Crippen LogP contribution in [0.3, 0.4) is 0 Å². The zero-order chi connectivity index (χ0) is 26.2. The summed E-state index contributed by atoms with van der Waals surface area (Å²) in [7, 11) is 0. The molecule has 198 valence electrons. The first-order chi connectivity index (χ1) is 17.7. The van der Waals surface area contributed by atoms with Crippen LogP contribution in [0.1, 0.15) is 67.7 Å². The molecule has 2 saturated heterocycles. The van der Waals surface area contributed by atoms with E-state index in [2.05, 4.69) is 47.2 Å². The van der Waals surface area contributed by atoms with Crippen LogP contribution in [0.2, 0.25) is 0 Å². The van der Waals surface area contributed by atoms with E-state index in [1.54, 1.807) is 11.9 Å². The van der Waals surface area contributed by atoms with Crippen molar-refractivity contribution in [3.63, 3.8) is 0 Å². The second kappa shape index (κ2) is 10.6. The maximum Gasteiger partial charge on any atom is 0.324 e. The molecule has 3 aliphatic heterocycles. The first-order valence-electron chi connectivity index (χ1n) is 13.4. The van der Waals surface area contributed by atoms with Gasteiger partial charge in [0.05, 0.1) is 13.1 Å². The fourth-order valence-electron chi connectivity index (χ4n) is 5.97. The first-order valence-corrected chi connectivity index (χ1v) is 14.3. The van der Waals surface area contributed by atoms with Crippen LogP contribution in [0.25, 0.3) is 6.08 Å². The van der Waals surface area contributed by atoms with Crippen molar-refractivity contribution in [1.82, 2.24) is 19.8 Å². The molecule has 37 heavy (non-hydrogen) atoms. The number of nitrogens with zero attached hydrogens (tertiary/aromatic N) is 3. The maximum absolute atomic E-state index is 12.9. The molecule has 1 aromatic rings. The Morgan fingerprint density at radius 1 is 1.08 bits per heavy atom. The third kappa shape index (κ3) is 5.48. The molecule has 1 spiro atoms. The topological polar surface area (TPSA) is 94.1 Å². The van der Waals surface area contributed by atoms with Crippen molar-refractivity contribution < 1.29 is 14.4 Å². The van der Waals surface area contributed by atoms with E-state index in [0.29, 0.717) is 5.92 Å². The second-order valence-corrected chi connectivity index (χ2v) is 12.1. The fraction of sp³-hybridized carbons (Fsp3) is 0.571. The average Bonchev–Trinajstić information content (AvgIpc) is 3.36. The van der Waals surface area contributed by atoms with Crippen molar-refractivity contribution in [2.75, 3.05) is 19.6 Å². The predicted molar refractivity (Wildman–Crippen MR) is 147 cm³/mol. The van der Waals surface area contributed by atoms with Gasteiger partial charge >= 0.3 is 6.03 Å². The molecule has 1 aromatic carbocycles. The number of aryl methyl sites for hydroxylation is 2. The van der Waals surface area contributed by atoms with E-state index in [4.69, 9.17) is 4.99 Å². The van der Waals surface area contributed by atoms with Gasteiger partial charge < -0.3 is 10.6 Å². The number of imide groups is 1. The molecule has 9 heteroatoms. The lowest BCUT2D eigenvalue weighted by atomic mass is 9.82. The molecule has 0 unspecified atom stereocenters. The maximum atomic E-state index is 12.9. The lowest BCUT2D eigenvalue weighted by molar-refractivity contribution is -0.126. The second-order valence-electron chi connectivity index (χ2n) is 11.1. The summed E-state index contributed by atoms with van der Waals surface area (Å²) in [6.45, 7) is 8.43. The highest BCUT2D eigenvalue weighted by molar-refractivity contribution is 8.00. The van der Waals surface area contributed by atoms with Crippen LogP contribution in [0.4, 0.5) is 4.79 Å². The molecule has 0 atom stereocenters. The van der Waals surface area contributed by atoms with Gasteiger partial charge in [0.1, 0.15) is 11.4 Å². The molecule has 2 N–H and O–H groups in total. The fourth-order valence-corrected chi connectivity index (χ4v) is 6.73. The van der Waals surface area contributed by atoms with Crippen LogP contribution >= 0.6 is 11.9 Å². The van der Waals surface area contributed by atoms with Crippen LogP contribution in [-0.2, 0) is 16.1 Å². The van der Waals surface area contributed by atoms with Crippen LogP contribution in [0, 0.1) is 25.7 Å². The summed E-state index contributed by atoms with van der Waals surface area (Å²) in [6.07, 6.45) is 8.34. The van der Waals surface area contributed by atoms with Crippen LogP contribution in [0.15, 0.2) is 22.5 Å². The minimum Gasteiger partial charge on any atom is -0.329 e. The van der Waals surface area contributed by atoms with Gasteiger partial charge in [0, 0.05) is 19.0 Å². The Balaban J connectivity index is 1.16. The van der Waals surface area contributed by atoms with Gasteiger partial charge in [-0.15, -0.1) is 0 Å². The molecule has 5 rings (SSSR count). The lowest BCUT2D eigenvalue weighted by Gasteiger charge is -2.34. The smallest absolute Gasteiger partial charge is 0.324 e. The molecule has 1 aliphatic carbocycles. The number of urea groups is 1. The van der Waals surface area contributed by atoms with E-state index in [1.807, 2.05) is 12.1 Å². The molecule has 0 aromatic heterocycles. The molecule has 0 bridgehead atoms. The summed E-state index contributed by atoms with van der Waals surface area (Å²) in [5.74, 6) is 2.05. The highest BCUT2D eigenvalue weighted by Crippen LogP contribution is 2.36. The average molecular weight is 524 g/mol. The van der Waals surface area contributed by atoms with Gasteiger partial charge in [-0.2, -0.15) is 0 Å². The number of aliphatic imine (C=N–C) groups is 1. The Bertz CT molecular complexity index is 1110. The standard InChI is InChI=1S/C28H37N5O3S/c1-18-4-6-22(7-5-18)25-30-26(35)28(31-25)9-11-32(12-10-28)37-13-8-23-19(2)14-21(15-20(23)3)17-33-24(34)16-29-27(33)36/h8,13-15,18,22H,4-7,9-12,16-17H2,1-3H3,(H,29,36)(H,30,31,35)/b13-8+. The Hall–Kier alpha value is -2.65. The summed E-state index contributed by atoms with van der Waals surface area (Å²) < 4.78 is 2.31. The van der Waals surface area contributed by atoms with E-state index >= 15 is 0 Å². The molecular weight excluding hydrogens is 486 g/mol. The number of hydrogen-bond acceptors (Lipinski definition) is 6. The van der Waals surface area contributed by atoms with Gasteiger partial charge in [-0.25, -0.2) is 9.10 Å². The molecule has 4 aliphatic rings. The minimum atomic E-state index is -0.574. The summed E-state index contributed by atoms with van der Waals surface area (Å²) in [5.41, 5.74) is 3.74. The van der Waals surface area contributed by atoms with E-state index in [-0.39, 0.29) is 30.9 Å². The molecule has 0 radical (unpaired) electrons. The SMILES string of the molecule is Cc1cc(CN2C(=O)CNC2=O)cc(C)c1/C=C/SN1CCC2(CC1)N=C(C1CCC(C)CC1)NC2=O. The Morgan fingerprint density at radius 3 is 2.38 bits per heavy atom. The van der Waals surface area contributed by atoms with E-state index in [1.165, 1.54) is 17.7 Å². The Labute approximate surface area is 223 Å². The summed E-state index contributed by atoms with van der Waals surface area (Å²) in [6, 6.07) is 3.76. The van der Waals surface area contributed by atoms with E-state index < -0.39 is 5.54 Å². The van der Waals surface area contributed by atoms with Crippen molar-refractivity contribution in [3.8, 4) is 0 Å². The quantitative estimate of drug-likeness (QED) is 0.431. The molecule has 8 nitrogen and oxygen atoms in total. The van der Waals surface area contributed by atoms with Crippen LogP contribution in [-0.4, -0.2) is 58.1 Å². The predicted octanol–water partition coefficient (Wildman–Crippen LogP) is 4.16. The minimum absolute atomic E-state index is 0.0739. The van der Waals surface area contributed by atoms with Gasteiger partial charge in [0.2, 0.25) is 5.91 Å². The molecule has 3 heterocycles. The van der Waals surface area contributed by atoms with Crippen LogP contribution in [0.5, 0.6) is 0 Å². The van der Waals surface area contributed by atoms with E-state index in [9.17, 15) is 14.4 Å². The van der Waals surface area contributed by atoms with Crippen LogP contribution < -0.4 is 10.6 Å². The number of rotatable bonds is 6. The third-order valence-corrected chi connectivity index (χ3v) is 9.25. The zero-order valence-corrected chi connectivity index (χ0v) is 22.8. The van der Waals surface area contributed by atoms with Gasteiger partial charge in [0.25, 0.3) is 5.91 Å². The third-order valence-electron chi connectivity index (χ3n) is 8.33. The van der Waals surface area contributed by atoms with Gasteiger partial charge in [-0.1, -0.05) is 43.8 Å². The highest BCUT2D eigenvalue weighted by Gasteiger charge is 2.47. The zero-order valence-electron chi connectivity index (χ0n) is 22.0. The normalized spacial score (nSPS) is 26.2. The molecule has 3 fully saturated rings. The number of nitrogens with one attached hydrogen (secondary N) is 2. The largest absolute Gasteiger partial charge is 0.329 e. The molecule has 4 amide bonds. The Morgan fingerprint density at radius 2 is 1.76 bits per heavy atom.